The fourth-order valence-electron chi connectivity index (χ4n) is 1.90. The van der Waals surface area contributed by atoms with Gasteiger partial charge < -0.3 is 9.47 Å². The fraction of sp³-hybridized carbons (Fsp3) is 0.462. The lowest BCUT2D eigenvalue weighted by molar-refractivity contribution is 0.0494. The highest BCUT2D eigenvalue weighted by molar-refractivity contribution is 9.10. The van der Waals surface area contributed by atoms with Crippen molar-refractivity contribution in [2.75, 3.05) is 13.7 Å². The lowest BCUT2D eigenvalue weighted by atomic mass is 10.2. The number of sulfonamides is 1. The average molecular weight is 378 g/mol. The minimum Gasteiger partial charge on any atom is -0.494 e. The van der Waals surface area contributed by atoms with E-state index in [0.717, 1.165) is 6.42 Å². The first-order chi connectivity index (χ1) is 9.82. The SMILES string of the molecule is COc1c(Br)cc(C(=O)OCCC2CC2)cc1S(N)(=O)=O. The first kappa shape index (κ1) is 16.3. The van der Waals surface area contributed by atoms with Crippen LogP contribution in [0.1, 0.15) is 29.6 Å². The number of nitrogens with two attached hydrogens (primary N) is 1. The van der Waals surface area contributed by atoms with Crippen LogP contribution >= 0.6 is 15.9 Å². The summed E-state index contributed by atoms with van der Waals surface area (Å²) >= 11 is 3.17. The molecule has 2 N–H and O–H groups in total. The van der Waals surface area contributed by atoms with Gasteiger partial charge in [0.2, 0.25) is 10.0 Å². The zero-order chi connectivity index (χ0) is 15.6. The molecule has 2 rings (SSSR count). The number of ether oxygens (including phenoxy) is 2. The van der Waals surface area contributed by atoms with Crippen molar-refractivity contribution in [2.45, 2.75) is 24.2 Å². The topological polar surface area (TPSA) is 95.7 Å². The number of methoxy groups -OCH3 is 1. The molecule has 8 heteroatoms. The molecule has 0 bridgehead atoms. The van der Waals surface area contributed by atoms with Crippen molar-refractivity contribution in [3.8, 4) is 5.75 Å². The normalized spacial score (nSPS) is 14.8. The summed E-state index contributed by atoms with van der Waals surface area (Å²) in [5.74, 6) is 0.135. The molecule has 1 aliphatic carbocycles. The summed E-state index contributed by atoms with van der Waals surface area (Å²) in [5.41, 5.74) is 0.113. The predicted octanol–water partition coefficient (Wildman–Crippen LogP) is 2.06. The van der Waals surface area contributed by atoms with E-state index in [9.17, 15) is 13.2 Å². The van der Waals surface area contributed by atoms with Gasteiger partial charge in [-0.3, -0.25) is 0 Å². The van der Waals surface area contributed by atoms with E-state index in [0.29, 0.717) is 17.0 Å². The minimum absolute atomic E-state index is 0.0621. The van der Waals surface area contributed by atoms with Gasteiger partial charge in [-0.25, -0.2) is 18.4 Å². The number of carbonyl (C=O) groups excluding carboxylic acids is 1. The van der Waals surface area contributed by atoms with Gasteiger partial charge in [-0.15, -0.1) is 0 Å². The third-order valence-corrected chi connectivity index (χ3v) is 4.72. The Morgan fingerprint density at radius 3 is 2.62 bits per heavy atom. The molecule has 0 aromatic heterocycles. The number of hydrogen-bond donors (Lipinski definition) is 1. The van der Waals surface area contributed by atoms with Gasteiger partial charge in [0, 0.05) is 0 Å². The maximum atomic E-state index is 12.0. The van der Waals surface area contributed by atoms with Crippen LogP contribution in [0.15, 0.2) is 21.5 Å². The molecule has 0 heterocycles. The van der Waals surface area contributed by atoms with E-state index < -0.39 is 16.0 Å². The molecular weight excluding hydrogens is 362 g/mol. The average Bonchev–Trinajstić information content (AvgIpc) is 3.20. The third kappa shape index (κ3) is 4.18. The Morgan fingerprint density at radius 2 is 2.10 bits per heavy atom. The molecule has 1 aromatic rings. The Hall–Kier alpha value is -1.12. The first-order valence-electron chi connectivity index (χ1n) is 6.40. The van der Waals surface area contributed by atoms with Gasteiger partial charge in [0.05, 0.1) is 23.8 Å². The summed E-state index contributed by atoms with van der Waals surface area (Å²) in [4.78, 5) is 11.7. The van der Waals surface area contributed by atoms with Gasteiger partial charge in [0.25, 0.3) is 0 Å². The summed E-state index contributed by atoms with van der Waals surface area (Å²) < 4.78 is 33.6. The van der Waals surface area contributed by atoms with Crippen molar-refractivity contribution in [3.63, 3.8) is 0 Å². The maximum absolute atomic E-state index is 12.0. The van der Waals surface area contributed by atoms with Crippen LogP contribution in [0.3, 0.4) is 0 Å². The zero-order valence-electron chi connectivity index (χ0n) is 11.5. The standard InChI is InChI=1S/C13H16BrNO5S/c1-19-12-10(14)6-9(7-11(12)21(15,17)18)13(16)20-5-4-8-2-3-8/h6-8H,2-5H2,1H3,(H2,15,17,18). The highest BCUT2D eigenvalue weighted by Crippen LogP contribution is 2.34. The summed E-state index contributed by atoms with van der Waals surface area (Å²) in [6.45, 7) is 0.331. The second-order valence-corrected chi connectivity index (χ2v) is 7.29. The molecule has 1 saturated carbocycles. The Kier molecular flexibility index (Phi) is 4.90. The van der Waals surface area contributed by atoms with Crippen molar-refractivity contribution in [2.24, 2.45) is 11.1 Å². The van der Waals surface area contributed by atoms with Crippen molar-refractivity contribution >= 4 is 31.9 Å². The van der Waals surface area contributed by atoms with Crippen molar-refractivity contribution in [1.29, 1.82) is 0 Å². The van der Waals surface area contributed by atoms with Crippen LogP contribution < -0.4 is 9.88 Å². The number of halogens is 1. The number of benzene rings is 1. The summed E-state index contributed by atoms with van der Waals surface area (Å²) in [6, 6.07) is 2.62. The minimum atomic E-state index is -4.01. The molecule has 1 aromatic carbocycles. The van der Waals surface area contributed by atoms with E-state index in [4.69, 9.17) is 14.6 Å². The smallest absolute Gasteiger partial charge is 0.338 e. The van der Waals surface area contributed by atoms with Crippen LogP contribution in [-0.4, -0.2) is 28.1 Å². The summed E-state index contributed by atoms with van der Waals surface area (Å²) in [6.07, 6.45) is 3.20. The van der Waals surface area contributed by atoms with E-state index in [-0.39, 0.29) is 16.2 Å². The summed E-state index contributed by atoms with van der Waals surface area (Å²) in [7, 11) is -2.69. The predicted molar refractivity (Wildman–Crippen MR) is 79.7 cm³/mol. The number of carbonyl (C=O) groups is 1. The van der Waals surface area contributed by atoms with Crippen molar-refractivity contribution < 1.29 is 22.7 Å². The quantitative estimate of drug-likeness (QED) is 0.765. The van der Waals surface area contributed by atoms with E-state index >= 15 is 0 Å². The van der Waals surface area contributed by atoms with Gasteiger partial charge in [-0.1, -0.05) is 12.8 Å². The molecule has 21 heavy (non-hydrogen) atoms. The van der Waals surface area contributed by atoms with Gasteiger partial charge >= 0.3 is 5.97 Å². The molecule has 6 nitrogen and oxygen atoms in total. The fourth-order valence-corrected chi connectivity index (χ4v) is 3.40. The zero-order valence-corrected chi connectivity index (χ0v) is 13.9. The van der Waals surface area contributed by atoms with Crippen LogP contribution in [0.2, 0.25) is 0 Å². The molecule has 1 fully saturated rings. The first-order valence-corrected chi connectivity index (χ1v) is 8.74. The van der Waals surface area contributed by atoms with Crippen molar-refractivity contribution in [3.05, 3.63) is 22.2 Å². The molecule has 0 atom stereocenters. The largest absolute Gasteiger partial charge is 0.494 e. The molecular formula is C13H16BrNO5S. The Balaban J connectivity index is 2.22. The molecule has 0 radical (unpaired) electrons. The number of hydrogen-bond acceptors (Lipinski definition) is 5. The van der Waals surface area contributed by atoms with Crippen LogP contribution in [0.5, 0.6) is 5.75 Å². The lowest BCUT2D eigenvalue weighted by Gasteiger charge is -2.11. The van der Waals surface area contributed by atoms with Crippen molar-refractivity contribution in [1.82, 2.24) is 0 Å². The van der Waals surface area contributed by atoms with Crippen LogP contribution in [0.4, 0.5) is 0 Å². The third-order valence-electron chi connectivity index (χ3n) is 3.21. The van der Waals surface area contributed by atoms with Gasteiger partial charge in [0.15, 0.2) is 5.75 Å². The number of rotatable bonds is 6. The summed E-state index contributed by atoms with van der Waals surface area (Å²) in [5, 5.41) is 5.14. The highest BCUT2D eigenvalue weighted by Gasteiger charge is 2.23. The Morgan fingerprint density at radius 1 is 1.43 bits per heavy atom. The second kappa shape index (κ2) is 6.33. The Labute approximate surface area is 131 Å². The molecule has 0 amide bonds. The number of esters is 1. The maximum Gasteiger partial charge on any atom is 0.338 e. The van der Waals surface area contributed by atoms with E-state index in [2.05, 4.69) is 15.9 Å². The van der Waals surface area contributed by atoms with Crippen LogP contribution in [0, 0.1) is 5.92 Å². The Bertz CT molecular complexity index is 655. The highest BCUT2D eigenvalue weighted by atomic mass is 79.9. The molecule has 116 valence electrons. The van der Waals surface area contributed by atoms with Crippen LogP contribution in [-0.2, 0) is 14.8 Å². The molecule has 0 spiro atoms. The van der Waals surface area contributed by atoms with Gasteiger partial charge in [-0.2, -0.15) is 0 Å². The number of primary sulfonamides is 1. The van der Waals surface area contributed by atoms with E-state index in [1.165, 1.54) is 32.1 Å². The molecule has 1 aliphatic rings. The molecule has 0 unspecified atom stereocenters. The van der Waals surface area contributed by atoms with Crippen LogP contribution in [0.25, 0.3) is 0 Å². The lowest BCUT2D eigenvalue weighted by Crippen LogP contribution is -2.15. The van der Waals surface area contributed by atoms with Gasteiger partial charge in [0.1, 0.15) is 4.90 Å². The monoisotopic (exact) mass is 377 g/mol. The van der Waals surface area contributed by atoms with Gasteiger partial charge in [-0.05, 0) is 40.4 Å². The van der Waals surface area contributed by atoms with E-state index in [1.54, 1.807) is 0 Å². The van der Waals surface area contributed by atoms with E-state index in [1.807, 2.05) is 0 Å². The molecule has 0 aliphatic heterocycles. The second-order valence-electron chi connectivity index (χ2n) is 4.90. The molecule has 0 saturated heterocycles.